The topological polar surface area (TPSA) is 47.6 Å². The predicted molar refractivity (Wildman–Crippen MR) is 92.0 cm³/mol. The van der Waals surface area contributed by atoms with E-state index in [1.807, 2.05) is 25.1 Å². The highest BCUT2D eigenvalue weighted by atomic mass is 35.5. The molecule has 0 aliphatic rings. The first-order chi connectivity index (χ1) is 11.0. The zero-order valence-corrected chi connectivity index (χ0v) is 14.4. The lowest BCUT2D eigenvalue weighted by atomic mass is 10.2. The number of carbonyl (C=O) groups excluding carboxylic acids is 1. The molecule has 2 aromatic rings. The highest BCUT2D eigenvalue weighted by Crippen LogP contribution is 2.27. The van der Waals surface area contributed by atoms with Gasteiger partial charge in [-0.05, 0) is 42.8 Å². The largest absolute Gasteiger partial charge is 0.493 e. The van der Waals surface area contributed by atoms with Crippen molar-refractivity contribution in [3.05, 3.63) is 57.6 Å². The molecule has 0 aliphatic carbocycles. The van der Waals surface area contributed by atoms with Crippen LogP contribution in [-0.2, 0) is 0 Å². The van der Waals surface area contributed by atoms with Crippen molar-refractivity contribution in [1.29, 1.82) is 0 Å². The second kappa shape index (κ2) is 8.09. The van der Waals surface area contributed by atoms with Gasteiger partial charge in [0.05, 0.1) is 23.7 Å². The Balaban J connectivity index is 1.85. The van der Waals surface area contributed by atoms with Crippen LogP contribution < -0.4 is 14.8 Å². The molecule has 23 heavy (non-hydrogen) atoms. The van der Waals surface area contributed by atoms with E-state index in [0.29, 0.717) is 40.3 Å². The number of hydrogen-bond donors (Lipinski definition) is 1. The SMILES string of the molecule is COc1cc(C)ccc1OCCNC(=O)c1ccc(Cl)c(Cl)c1. The Morgan fingerprint density at radius 3 is 2.57 bits per heavy atom. The van der Waals surface area contributed by atoms with Gasteiger partial charge in [-0.2, -0.15) is 0 Å². The standard InChI is InChI=1S/C17H17Cl2NO3/c1-11-3-6-15(16(9-11)22-2)23-8-7-20-17(21)12-4-5-13(18)14(19)10-12/h3-6,9-10H,7-8H2,1-2H3,(H,20,21). The third-order valence-electron chi connectivity index (χ3n) is 3.15. The summed E-state index contributed by atoms with van der Waals surface area (Å²) in [6.45, 7) is 2.66. The van der Waals surface area contributed by atoms with Gasteiger partial charge in [0.2, 0.25) is 0 Å². The molecule has 4 nitrogen and oxygen atoms in total. The average Bonchev–Trinajstić information content (AvgIpc) is 2.54. The maximum atomic E-state index is 12.0. The first-order valence-corrected chi connectivity index (χ1v) is 7.77. The highest BCUT2D eigenvalue weighted by Gasteiger charge is 2.08. The number of halogens is 2. The molecule has 0 fully saturated rings. The van der Waals surface area contributed by atoms with Crippen LogP contribution in [0.3, 0.4) is 0 Å². The van der Waals surface area contributed by atoms with Crippen LogP contribution in [0.4, 0.5) is 0 Å². The Labute approximate surface area is 145 Å². The zero-order valence-electron chi connectivity index (χ0n) is 12.9. The second-order valence-electron chi connectivity index (χ2n) is 4.89. The average molecular weight is 354 g/mol. The molecule has 0 saturated heterocycles. The molecule has 0 saturated carbocycles. The predicted octanol–water partition coefficient (Wildman–Crippen LogP) is 4.12. The molecule has 1 amide bonds. The molecule has 122 valence electrons. The molecular weight excluding hydrogens is 337 g/mol. The molecule has 0 unspecified atom stereocenters. The molecule has 0 bridgehead atoms. The molecule has 0 heterocycles. The van der Waals surface area contributed by atoms with Crippen LogP contribution in [0.5, 0.6) is 11.5 Å². The minimum atomic E-state index is -0.233. The molecule has 6 heteroatoms. The maximum absolute atomic E-state index is 12.0. The summed E-state index contributed by atoms with van der Waals surface area (Å²) < 4.78 is 10.9. The number of rotatable bonds is 6. The van der Waals surface area contributed by atoms with Gasteiger partial charge >= 0.3 is 0 Å². The van der Waals surface area contributed by atoms with E-state index in [2.05, 4.69) is 5.32 Å². The fourth-order valence-corrected chi connectivity index (χ4v) is 2.26. The summed E-state index contributed by atoms with van der Waals surface area (Å²) in [7, 11) is 1.59. The number of aryl methyl sites for hydroxylation is 1. The van der Waals surface area contributed by atoms with Crippen LogP contribution in [-0.4, -0.2) is 26.2 Å². The van der Waals surface area contributed by atoms with Crippen LogP contribution in [0.1, 0.15) is 15.9 Å². The monoisotopic (exact) mass is 353 g/mol. The van der Waals surface area contributed by atoms with Gasteiger partial charge in [-0.3, -0.25) is 4.79 Å². The van der Waals surface area contributed by atoms with Crippen molar-refractivity contribution in [2.45, 2.75) is 6.92 Å². The summed E-state index contributed by atoms with van der Waals surface area (Å²) in [5.41, 5.74) is 1.54. The van der Waals surface area contributed by atoms with Crippen molar-refractivity contribution in [2.75, 3.05) is 20.3 Å². The Morgan fingerprint density at radius 2 is 1.87 bits per heavy atom. The number of nitrogens with one attached hydrogen (secondary N) is 1. The molecule has 0 spiro atoms. The first-order valence-electron chi connectivity index (χ1n) is 7.02. The summed E-state index contributed by atoms with van der Waals surface area (Å²) >= 11 is 11.7. The van der Waals surface area contributed by atoms with Crippen LogP contribution in [0.15, 0.2) is 36.4 Å². The number of carbonyl (C=O) groups is 1. The normalized spacial score (nSPS) is 10.3. The Hall–Kier alpha value is -1.91. The van der Waals surface area contributed by atoms with Gasteiger partial charge in [0, 0.05) is 5.56 Å². The number of amides is 1. The lowest BCUT2D eigenvalue weighted by molar-refractivity contribution is 0.0947. The quantitative estimate of drug-likeness (QED) is 0.794. The maximum Gasteiger partial charge on any atom is 0.251 e. The Kier molecular flexibility index (Phi) is 6.13. The van der Waals surface area contributed by atoms with E-state index in [9.17, 15) is 4.79 Å². The van der Waals surface area contributed by atoms with Gasteiger partial charge in [-0.1, -0.05) is 29.3 Å². The first kappa shape index (κ1) is 17.4. The lowest BCUT2D eigenvalue weighted by Crippen LogP contribution is -2.28. The third-order valence-corrected chi connectivity index (χ3v) is 3.89. The van der Waals surface area contributed by atoms with Gasteiger partial charge < -0.3 is 14.8 Å². The van der Waals surface area contributed by atoms with Crippen LogP contribution >= 0.6 is 23.2 Å². The number of hydrogen-bond acceptors (Lipinski definition) is 3. The summed E-state index contributed by atoms with van der Waals surface area (Å²) in [5.74, 6) is 1.07. The van der Waals surface area contributed by atoms with E-state index >= 15 is 0 Å². The number of benzene rings is 2. The minimum Gasteiger partial charge on any atom is -0.493 e. The smallest absolute Gasteiger partial charge is 0.251 e. The van der Waals surface area contributed by atoms with Crippen molar-refractivity contribution < 1.29 is 14.3 Å². The van der Waals surface area contributed by atoms with E-state index < -0.39 is 0 Å². The van der Waals surface area contributed by atoms with E-state index in [0.717, 1.165) is 5.56 Å². The van der Waals surface area contributed by atoms with Gasteiger partial charge in [0.25, 0.3) is 5.91 Å². The second-order valence-corrected chi connectivity index (χ2v) is 5.70. The van der Waals surface area contributed by atoms with Crippen molar-refractivity contribution in [3.63, 3.8) is 0 Å². The summed E-state index contributed by atoms with van der Waals surface area (Å²) in [6.07, 6.45) is 0. The molecule has 2 rings (SSSR count). The summed E-state index contributed by atoms with van der Waals surface area (Å²) in [4.78, 5) is 12.0. The van der Waals surface area contributed by atoms with Crippen LogP contribution in [0.25, 0.3) is 0 Å². The molecule has 0 aliphatic heterocycles. The van der Waals surface area contributed by atoms with Crippen molar-refractivity contribution in [2.24, 2.45) is 0 Å². The van der Waals surface area contributed by atoms with Gasteiger partial charge in [0.15, 0.2) is 11.5 Å². The molecule has 2 aromatic carbocycles. The van der Waals surface area contributed by atoms with E-state index in [1.54, 1.807) is 19.2 Å². The van der Waals surface area contributed by atoms with E-state index in [1.165, 1.54) is 6.07 Å². The minimum absolute atomic E-state index is 0.233. The lowest BCUT2D eigenvalue weighted by Gasteiger charge is -2.12. The van der Waals surface area contributed by atoms with Crippen molar-refractivity contribution in [1.82, 2.24) is 5.32 Å². The van der Waals surface area contributed by atoms with Gasteiger partial charge in [-0.25, -0.2) is 0 Å². The number of methoxy groups -OCH3 is 1. The summed E-state index contributed by atoms with van der Waals surface area (Å²) in [6, 6.07) is 10.4. The van der Waals surface area contributed by atoms with Gasteiger partial charge in [0.1, 0.15) is 6.61 Å². The molecule has 0 atom stereocenters. The van der Waals surface area contributed by atoms with E-state index in [-0.39, 0.29) is 5.91 Å². The zero-order chi connectivity index (χ0) is 16.8. The Morgan fingerprint density at radius 1 is 1.09 bits per heavy atom. The highest BCUT2D eigenvalue weighted by molar-refractivity contribution is 6.42. The van der Waals surface area contributed by atoms with Crippen molar-refractivity contribution >= 4 is 29.1 Å². The summed E-state index contributed by atoms with van der Waals surface area (Å²) in [5, 5.41) is 3.52. The van der Waals surface area contributed by atoms with E-state index in [4.69, 9.17) is 32.7 Å². The molecular formula is C17H17Cl2NO3. The fraction of sp³-hybridized carbons (Fsp3) is 0.235. The molecule has 0 radical (unpaired) electrons. The van der Waals surface area contributed by atoms with Crippen LogP contribution in [0.2, 0.25) is 10.0 Å². The third kappa shape index (κ3) is 4.78. The Bertz CT molecular complexity index is 704. The van der Waals surface area contributed by atoms with Gasteiger partial charge in [-0.15, -0.1) is 0 Å². The molecule has 1 N–H and O–H groups in total. The fourth-order valence-electron chi connectivity index (χ4n) is 1.96. The number of ether oxygens (including phenoxy) is 2. The molecule has 0 aromatic heterocycles. The van der Waals surface area contributed by atoms with Crippen LogP contribution in [0, 0.1) is 6.92 Å². The van der Waals surface area contributed by atoms with Crippen molar-refractivity contribution in [3.8, 4) is 11.5 Å².